The summed E-state index contributed by atoms with van der Waals surface area (Å²) in [4.78, 5) is 12.9. The maximum absolute atomic E-state index is 10.5. The summed E-state index contributed by atoms with van der Waals surface area (Å²) in [6.45, 7) is 5.27. The molecule has 0 saturated carbocycles. The average molecular weight is 187 g/mol. The number of hydrogen-bond donors (Lipinski definition) is 1. The number of nitrogens with zero attached hydrogens (tertiary/aromatic N) is 3. The Hall–Kier alpha value is -1.26. The zero-order valence-corrected chi connectivity index (χ0v) is 7.89. The van der Waals surface area contributed by atoms with Crippen molar-refractivity contribution in [3.05, 3.63) is 10.4 Å². The molecule has 1 atom stereocenters. The van der Waals surface area contributed by atoms with E-state index in [0.717, 1.165) is 0 Å². The SMILES string of the molecule is CC(C)(C)OC[C@H](N=[N+]=[N-])C(=O)O. The zero-order valence-electron chi connectivity index (χ0n) is 7.89. The van der Waals surface area contributed by atoms with Gasteiger partial charge in [0.05, 0.1) is 12.2 Å². The van der Waals surface area contributed by atoms with E-state index in [1.807, 2.05) is 0 Å². The van der Waals surface area contributed by atoms with Crippen LogP contribution in [0.3, 0.4) is 0 Å². The van der Waals surface area contributed by atoms with Crippen LogP contribution in [0.1, 0.15) is 20.8 Å². The van der Waals surface area contributed by atoms with Gasteiger partial charge in [0.25, 0.3) is 0 Å². The first kappa shape index (κ1) is 11.7. The molecule has 74 valence electrons. The highest BCUT2D eigenvalue weighted by Crippen LogP contribution is 2.08. The van der Waals surface area contributed by atoms with Gasteiger partial charge in [0.15, 0.2) is 6.04 Å². The van der Waals surface area contributed by atoms with E-state index >= 15 is 0 Å². The molecule has 0 radical (unpaired) electrons. The highest BCUT2D eigenvalue weighted by Gasteiger charge is 2.19. The maximum atomic E-state index is 10.5. The highest BCUT2D eigenvalue weighted by molar-refractivity contribution is 5.73. The van der Waals surface area contributed by atoms with Gasteiger partial charge in [0.2, 0.25) is 0 Å². The van der Waals surface area contributed by atoms with Crippen LogP contribution in [0.15, 0.2) is 5.11 Å². The van der Waals surface area contributed by atoms with Crippen molar-refractivity contribution in [1.29, 1.82) is 0 Å². The monoisotopic (exact) mass is 187 g/mol. The van der Waals surface area contributed by atoms with E-state index in [1.165, 1.54) is 0 Å². The van der Waals surface area contributed by atoms with Crippen LogP contribution in [-0.2, 0) is 9.53 Å². The van der Waals surface area contributed by atoms with Crippen LogP contribution >= 0.6 is 0 Å². The van der Waals surface area contributed by atoms with E-state index in [4.69, 9.17) is 15.4 Å². The molecule has 0 rings (SSSR count). The molecule has 0 aliphatic carbocycles. The molecular weight excluding hydrogens is 174 g/mol. The van der Waals surface area contributed by atoms with Crippen molar-refractivity contribution in [3.63, 3.8) is 0 Å². The van der Waals surface area contributed by atoms with Crippen LogP contribution in [0.4, 0.5) is 0 Å². The average Bonchev–Trinajstić information content (AvgIpc) is 1.95. The third-order valence-corrected chi connectivity index (χ3v) is 1.15. The molecular formula is C7H13N3O3. The molecule has 0 amide bonds. The quantitative estimate of drug-likeness (QED) is 0.411. The largest absolute Gasteiger partial charge is 0.481 e. The summed E-state index contributed by atoms with van der Waals surface area (Å²) >= 11 is 0. The van der Waals surface area contributed by atoms with Gasteiger partial charge in [-0.05, 0) is 26.3 Å². The second kappa shape index (κ2) is 4.69. The predicted octanol–water partition coefficient (Wildman–Crippen LogP) is 1.57. The molecule has 6 nitrogen and oxygen atoms in total. The van der Waals surface area contributed by atoms with Gasteiger partial charge >= 0.3 is 5.97 Å². The standard InChI is InChI=1S/C7H13N3O3/c1-7(2,3)13-4-5(6(11)12)9-10-8/h5H,4H2,1-3H3,(H,11,12)/t5-/m0/s1. The zero-order chi connectivity index (χ0) is 10.5. The van der Waals surface area contributed by atoms with Gasteiger partial charge in [-0.2, -0.15) is 0 Å². The fraction of sp³-hybridized carbons (Fsp3) is 0.857. The normalized spacial score (nSPS) is 13.2. The van der Waals surface area contributed by atoms with Crippen molar-refractivity contribution >= 4 is 5.97 Å². The number of ether oxygens (including phenoxy) is 1. The summed E-state index contributed by atoms with van der Waals surface area (Å²) in [6, 6.07) is -1.15. The molecule has 0 saturated heterocycles. The fourth-order valence-corrected chi connectivity index (χ4v) is 0.545. The molecule has 0 fully saturated rings. The van der Waals surface area contributed by atoms with Crippen molar-refractivity contribution < 1.29 is 14.6 Å². The van der Waals surface area contributed by atoms with Gasteiger partial charge in [-0.25, -0.2) is 0 Å². The van der Waals surface area contributed by atoms with Gasteiger partial charge in [0, 0.05) is 4.91 Å². The molecule has 1 N–H and O–H groups in total. The van der Waals surface area contributed by atoms with E-state index < -0.39 is 17.6 Å². The van der Waals surface area contributed by atoms with Crippen LogP contribution in [-0.4, -0.2) is 29.3 Å². The lowest BCUT2D eigenvalue weighted by atomic mass is 10.2. The number of carbonyl (C=O) groups is 1. The van der Waals surface area contributed by atoms with E-state index in [9.17, 15) is 4.79 Å². The number of carboxylic acid groups (broad SMARTS) is 1. The highest BCUT2D eigenvalue weighted by atomic mass is 16.5. The molecule has 0 aromatic rings. The molecule has 0 aliphatic rings. The van der Waals surface area contributed by atoms with Gasteiger partial charge < -0.3 is 9.84 Å². The maximum Gasteiger partial charge on any atom is 0.314 e. The third-order valence-electron chi connectivity index (χ3n) is 1.15. The lowest BCUT2D eigenvalue weighted by Crippen LogP contribution is -2.29. The topological polar surface area (TPSA) is 95.3 Å². The molecule has 13 heavy (non-hydrogen) atoms. The Morgan fingerprint density at radius 2 is 2.23 bits per heavy atom. The molecule has 0 aliphatic heterocycles. The van der Waals surface area contributed by atoms with Gasteiger partial charge in [-0.15, -0.1) is 0 Å². The molecule has 0 spiro atoms. The van der Waals surface area contributed by atoms with Gasteiger partial charge in [0.1, 0.15) is 0 Å². The van der Waals surface area contributed by atoms with Crippen LogP contribution in [0.5, 0.6) is 0 Å². The Morgan fingerprint density at radius 1 is 1.69 bits per heavy atom. The molecule has 0 aromatic heterocycles. The smallest absolute Gasteiger partial charge is 0.314 e. The summed E-state index contributed by atoms with van der Waals surface area (Å²) in [5.41, 5.74) is 7.62. The number of azide groups is 1. The Labute approximate surface area is 76.1 Å². The number of carboxylic acids is 1. The van der Waals surface area contributed by atoms with Crippen LogP contribution in [0.2, 0.25) is 0 Å². The minimum absolute atomic E-state index is 0.108. The first-order chi connectivity index (χ1) is 5.87. The summed E-state index contributed by atoms with van der Waals surface area (Å²) in [5.74, 6) is -1.18. The fourth-order valence-electron chi connectivity index (χ4n) is 0.545. The van der Waals surface area contributed by atoms with E-state index in [1.54, 1.807) is 20.8 Å². The number of rotatable bonds is 4. The number of aliphatic carboxylic acids is 1. The van der Waals surface area contributed by atoms with Crippen molar-refractivity contribution in [2.75, 3.05) is 6.61 Å². The Balaban J connectivity index is 4.13. The lowest BCUT2D eigenvalue weighted by molar-refractivity contribution is -0.141. The van der Waals surface area contributed by atoms with Crippen LogP contribution in [0.25, 0.3) is 10.4 Å². The molecule has 6 heteroatoms. The van der Waals surface area contributed by atoms with Crippen LogP contribution in [0, 0.1) is 0 Å². The Bertz CT molecular complexity index is 226. The summed E-state index contributed by atoms with van der Waals surface area (Å²) < 4.78 is 5.16. The van der Waals surface area contributed by atoms with Crippen molar-refractivity contribution in [1.82, 2.24) is 0 Å². The lowest BCUT2D eigenvalue weighted by Gasteiger charge is -2.20. The predicted molar refractivity (Wildman–Crippen MR) is 46.3 cm³/mol. The van der Waals surface area contributed by atoms with E-state index in [2.05, 4.69) is 10.0 Å². The minimum Gasteiger partial charge on any atom is -0.481 e. The van der Waals surface area contributed by atoms with E-state index in [-0.39, 0.29) is 6.61 Å². The Kier molecular flexibility index (Phi) is 4.23. The van der Waals surface area contributed by atoms with Crippen molar-refractivity contribution in [2.45, 2.75) is 32.4 Å². The van der Waals surface area contributed by atoms with Gasteiger partial charge in [-0.1, -0.05) is 5.11 Å². The van der Waals surface area contributed by atoms with Crippen molar-refractivity contribution in [3.8, 4) is 0 Å². The molecule has 0 bridgehead atoms. The Morgan fingerprint density at radius 3 is 2.54 bits per heavy atom. The van der Waals surface area contributed by atoms with Gasteiger partial charge in [-0.3, -0.25) is 4.79 Å². The van der Waals surface area contributed by atoms with Crippen LogP contribution < -0.4 is 0 Å². The first-order valence-corrected chi connectivity index (χ1v) is 3.78. The molecule has 0 aromatic carbocycles. The third kappa shape index (κ3) is 5.95. The van der Waals surface area contributed by atoms with E-state index in [0.29, 0.717) is 0 Å². The summed E-state index contributed by atoms with van der Waals surface area (Å²) in [6.07, 6.45) is 0. The second-order valence-electron chi connectivity index (χ2n) is 3.48. The first-order valence-electron chi connectivity index (χ1n) is 3.78. The van der Waals surface area contributed by atoms with Crippen molar-refractivity contribution in [2.24, 2.45) is 5.11 Å². The summed E-state index contributed by atoms with van der Waals surface area (Å²) in [5, 5.41) is 11.6. The molecule has 0 unspecified atom stereocenters. The second-order valence-corrected chi connectivity index (χ2v) is 3.48. The molecule has 0 heterocycles. The number of hydrogen-bond acceptors (Lipinski definition) is 3. The summed E-state index contributed by atoms with van der Waals surface area (Å²) in [7, 11) is 0. The minimum atomic E-state index is -1.18.